The van der Waals surface area contributed by atoms with Crippen LogP contribution in [0.2, 0.25) is 0 Å². The number of rotatable bonds is 9. The Bertz CT molecular complexity index is 935. The zero-order valence-electron chi connectivity index (χ0n) is 17.0. The molecular weight excluding hydrogens is 475 g/mol. The van der Waals surface area contributed by atoms with Crippen molar-refractivity contribution in [1.82, 2.24) is 4.90 Å². The van der Waals surface area contributed by atoms with Gasteiger partial charge in [0, 0.05) is 28.8 Å². The summed E-state index contributed by atoms with van der Waals surface area (Å²) in [5.74, 6) is -2.29. The first kappa shape index (κ1) is 24.4. The largest absolute Gasteiger partial charge is 0.465 e. The Morgan fingerprint density at radius 3 is 2.23 bits per heavy atom. The predicted molar refractivity (Wildman–Crippen MR) is 114 cm³/mol. The molecule has 31 heavy (non-hydrogen) atoms. The Balaban J connectivity index is 2.19. The minimum atomic E-state index is -0.687. The van der Waals surface area contributed by atoms with Gasteiger partial charge in [0.1, 0.15) is 5.82 Å². The van der Waals surface area contributed by atoms with Crippen LogP contribution in [0.15, 0.2) is 40.9 Å². The summed E-state index contributed by atoms with van der Waals surface area (Å²) in [6.45, 7) is -0.167. The molecule has 0 bridgehead atoms. The third kappa shape index (κ3) is 7.12. The minimum absolute atomic E-state index is 0.0594. The molecule has 0 fully saturated rings. The van der Waals surface area contributed by atoms with E-state index >= 15 is 0 Å². The molecule has 0 atom stereocenters. The molecule has 0 spiro atoms. The van der Waals surface area contributed by atoms with Gasteiger partial charge >= 0.3 is 11.9 Å². The summed E-state index contributed by atoms with van der Waals surface area (Å²) in [4.78, 5) is 37.9. The standard InChI is InChI=1S/C21H22BrFN2O6/c1-30-20(28)13-7-14(21(29)31-2)10-17(9-13)24-19(27)12-25(5-6-26)11-15-8-16(22)3-4-18(15)23/h3-4,7-10,26H,5-6,11-12H2,1-2H3,(H,24,27). The van der Waals surface area contributed by atoms with E-state index in [1.807, 2.05) is 0 Å². The summed E-state index contributed by atoms with van der Waals surface area (Å²) < 4.78 is 24.1. The summed E-state index contributed by atoms with van der Waals surface area (Å²) >= 11 is 3.28. The Hall–Kier alpha value is -2.82. The summed E-state index contributed by atoms with van der Waals surface area (Å²) in [5.41, 5.74) is 0.662. The van der Waals surface area contributed by atoms with E-state index in [4.69, 9.17) is 0 Å². The lowest BCUT2D eigenvalue weighted by atomic mass is 10.1. The van der Waals surface area contributed by atoms with Gasteiger partial charge in [-0.05, 0) is 36.4 Å². The number of hydrogen-bond donors (Lipinski definition) is 2. The first-order chi connectivity index (χ1) is 14.8. The van der Waals surface area contributed by atoms with Crippen LogP contribution in [0.1, 0.15) is 26.3 Å². The zero-order chi connectivity index (χ0) is 23.0. The molecule has 0 aliphatic heterocycles. The van der Waals surface area contributed by atoms with Crippen LogP contribution < -0.4 is 5.32 Å². The van der Waals surface area contributed by atoms with E-state index in [0.29, 0.717) is 10.0 Å². The fraction of sp³-hybridized carbons (Fsp3) is 0.286. The molecule has 2 N–H and O–H groups in total. The van der Waals surface area contributed by atoms with Gasteiger partial charge in [-0.15, -0.1) is 0 Å². The second-order valence-corrected chi connectivity index (χ2v) is 7.42. The molecular formula is C21H22BrFN2O6. The van der Waals surface area contributed by atoms with Crippen molar-refractivity contribution < 1.29 is 33.4 Å². The lowest BCUT2D eigenvalue weighted by molar-refractivity contribution is -0.117. The van der Waals surface area contributed by atoms with Gasteiger partial charge in [-0.1, -0.05) is 15.9 Å². The Morgan fingerprint density at radius 2 is 1.68 bits per heavy atom. The highest BCUT2D eigenvalue weighted by atomic mass is 79.9. The summed E-state index contributed by atoms with van der Waals surface area (Å²) in [5, 5.41) is 11.9. The van der Waals surface area contributed by atoms with Gasteiger partial charge in [-0.3, -0.25) is 9.69 Å². The molecule has 8 nitrogen and oxygen atoms in total. The SMILES string of the molecule is COC(=O)c1cc(NC(=O)CN(CCO)Cc2cc(Br)ccc2F)cc(C(=O)OC)c1. The number of methoxy groups -OCH3 is 2. The molecule has 2 aromatic rings. The van der Waals surface area contributed by atoms with Crippen LogP contribution in [0.25, 0.3) is 0 Å². The third-order valence-corrected chi connectivity index (χ3v) is 4.74. The number of esters is 2. The van der Waals surface area contributed by atoms with E-state index < -0.39 is 23.7 Å². The van der Waals surface area contributed by atoms with Crippen molar-refractivity contribution in [3.8, 4) is 0 Å². The number of hydrogen-bond acceptors (Lipinski definition) is 7. The molecule has 166 valence electrons. The maximum absolute atomic E-state index is 14.1. The molecule has 0 heterocycles. The second-order valence-electron chi connectivity index (χ2n) is 6.50. The van der Waals surface area contributed by atoms with Crippen LogP contribution in [0, 0.1) is 5.82 Å². The van der Waals surface area contributed by atoms with Crippen molar-refractivity contribution >= 4 is 39.5 Å². The third-order valence-electron chi connectivity index (χ3n) is 4.24. The van der Waals surface area contributed by atoms with Gasteiger partial charge in [0.2, 0.25) is 5.91 Å². The molecule has 0 aromatic heterocycles. The molecule has 10 heteroatoms. The Morgan fingerprint density at radius 1 is 1.06 bits per heavy atom. The van der Waals surface area contributed by atoms with Crippen LogP contribution in [0.4, 0.5) is 10.1 Å². The van der Waals surface area contributed by atoms with Crippen LogP contribution in [0.5, 0.6) is 0 Å². The number of nitrogens with zero attached hydrogens (tertiary/aromatic N) is 1. The number of aliphatic hydroxyl groups is 1. The molecule has 0 radical (unpaired) electrons. The van der Waals surface area contributed by atoms with Gasteiger partial charge in [-0.2, -0.15) is 0 Å². The number of amides is 1. The molecule has 0 saturated carbocycles. The van der Waals surface area contributed by atoms with Crippen molar-refractivity contribution in [3.63, 3.8) is 0 Å². The number of nitrogens with one attached hydrogen (secondary N) is 1. The van der Waals surface area contributed by atoms with Crippen molar-refractivity contribution in [3.05, 3.63) is 63.4 Å². The van der Waals surface area contributed by atoms with Crippen LogP contribution in [-0.4, -0.2) is 61.8 Å². The summed E-state index contributed by atoms with van der Waals surface area (Å²) in [6.07, 6.45) is 0. The number of benzene rings is 2. The maximum Gasteiger partial charge on any atom is 0.337 e. The molecule has 0 saturated heterocycles. The zero-order valence-corrected chi connectivity index (χ0v) is 18.6. The normalized spacial score (nSPS) is 10.6. The molecule has 2 aromatic carbocycles. The van der Waals surface area contributed by atoms with Gasteiger partial charge in [0.15, 0.2) is 0 Å². The van der Waals surface area contributed by atoms with Crippen LogP contribution >= 0.6 is 15.9 Å². The summed E-state index contributed by atoms with van der Waals surface area (Å²) in [6, 6.07) is 8.49. The minimum Gasteiger partial charge on any atom is -0.465 e. The Labute approximate surface area is 187 Å². The van der Waals surface area contributed by atoms with Gasteiger partial charge in [-0.25, -0.2) is 14.0 Å². The number of carbonyl (C=O) groups excluding carboxylic acids is 3. The Kier molecular flexibility index (Phi) is 9.10. The lowest BCUT2D eigenvalue weighted by Gasteiger charge is -2.21. The fourth-order valence-electron chi connectivity index (χ4n) is 2.84. The smallest absolute Gasteiger partial charge is 0.337 e. The first-order valence-corrected chi connectivity index (χ1v) is 9.95. The van der Waals surface area contributed by atoms with Crippen molar-refractivity contribution in [2.75, 3.05) is 39.2 Å². The number of ether oxygens (including phenoxy) is 2. The fourth-order valence-corrected chi connectivity index (χ4v) is 3.24. The molecule has 1 amide bonds. The van der Waals surface area contributed by atoms with E-state index in [9.17, 15) is 23.9 Å². The monoisotopic (exact) mass is 496 g/mol. The highest BCUT2D eigenvalue weighted by Crippen LogP contribution is 2.19. The molecule has 0 aliphatic carbocycles. The molecule has 0 unspecified atom stereocenters. The van der Waals surface area contributed by atoms with E-state index in [2.05, 4.69) is 30.7 Å². The number of halogens is 2. The van der Waals surface area contributed by atoms with E-state index in [-0.39, 0.29) is 43.1 Å². The van der Waals surface area contributed by atoms with E-state index in [1.54, 1.807) is 17.0 Å². The predicted octanol–water partition coefficient (Wildman–Crippen LogP) is 2.59. The first-order valence-electron chi connectivity index (χ1n) is 9.16. The average molecular weight is 497 g/mol. The molecule has 2 rings (SSSR count). The lowest BCUT2D eigenvalue weighted by Crippen LogP contribution is -2.35. The van der Waals surface area contributed by atoms with Gasteiger partial charge in [0.05, 0.1) is 38.5 Å². The van der Waals surface area contributed by atoms with E-state index in [0.717, 1.165) is 0 Å². The second kappa shape index (κ2) is 11.5. The molecule has 0 aliphatic rings. The van der Waals surface area contributed by atoms with E-state index in [1.165, 1.54) is 38.5 Å². The van der Waals surface area contributed by atoms with Crippen LogP contribution in [0.3, 0.4) is 0 Å². The maximum atomic E-state index is 14.1. The van der Waals surface area contributed by atoms with Crippen molar-refractivity contribution in [1.29, 1.82) is 0 Å². The van der Waals surface area contributed by atoms with Crippen molar-refractivity contribution in [2.24, 2.45) is 0 Å². The highest BCUT2D eigenvalue weighted by Gasteiger charge is 2.17. The number of anilines is 1. The summed E-state index contributed by atoms with van der Waals surface area (Å²) in [7, 11) is 2.39. The number of carbonyl (C=O) groups is 3. The topological polar surface area (TPSA) is 105 Å². The van der Waals surface area contributed by atoms with Crippen molar-refractivity contribution in [2.45, 2.75) is 6.54 Å². The van der Waals surface area contributed by atoms with Crippen LogP contribution in [-0.2, 0) is 20.8 Å². The van der Waals surface area contributed by atoms with Gasteiger partial charge < -0.3 is 19.9 Å². The highest BCUT2D eigenvalue weighted by molar-refractivity contribution is 9.10. The number of aliphatic hydroxyl groups excluding tert-OH is 1. The quantitative estimate of drug-likeness (QED) is 0.514. The average Bonchev–Trinajstić information content (AvgIpc) is 2.74. The van der Waals surface area contributed by atoms with Gasteiger partial charge in [0.25, 0.3) is 0 Å².